The maximum Gasteiger partial charge on any atom is 0.128 e. The molecule has 0 aliphatic carbocycles. The van der Waals surface area contributed by atoms with Crippen molar-refractivity contribution in [3.63, 3.8) is 0 Å². The zero-order chi connectivity index (χ0) is 13.3. The van der Waals surface area contributed by atoms with E-state index in [9.17, 15) is 4.39 Å². The van der Waals surface area contributed by atoms with Crippen LogP contribution >= 0.6 is 15.9 Å². The summed E-state index contributed by atoms with van der Waals surface area (Å²) in [7, 11) is 0. The predicted molar refractivity (Wildman–Crippen MR) is 71.4 cm³/mol. The van der Waals surface area contributed by atoms with Crippen molar-refractivity contribution in [2.24, 2.45) is 5.84 Å². The van der Waals surface area contributed by atoms with Gasteiger partial charge in [-0.2, -0.15) is 0 Å². The Kier molecular flexibility index (Phi) is 3.85. The molecule has 2 rings (SSSR count). The lowest BCUT2D eigenvalue weighted by Crippen LogP contribution is -2.29. The lowest BCUT2D eigenvalue weighted by atomic mass is 9.99. The second-order valence-corrected chi connectivity index (χ2v) is 5.05. The highest BCUT2D eigenvalue weighted by Crippen LogP contribution is 2.30. The van der Waals surface area contributed by atoms with Crippen molar-refractivity contribution in [3.8, 4) is 0 Å². The number of nitrogens with one attached hydrogen (secondary N) is 1. The maximum atomic E-state index is 13.9. The van der Waals surface area contributed by atoms with Gasteiger partial charge in [0.15, 0.2) is 0 Å². The van der Waals surface area contributed by atoms with Crippen molar-refractivity contribution in [1.82, 2.24) is 5.43 Å². The number of hydrogen-bond acceptors (Lipinski definition) is 3. The van der Waals surface area contributed by atoms with E-state index in [-0.39, 0.29) is 5.82 Å². The van der Waals surface area contributed by atoms with Gasteiger partial charge in [-0.25, -0.2) is 9.82 Å². The van der Waals surface area contributed by atoms with Gasteiger partial charge in [0, 0.05) is 15.6 Å². The van der Waals surface area contributed by atoms with Crippen LogP contribution in [0.1, 0.15) is 28.7 Å². The molecule has 1 unspecified atom stereocenters. The van der Waals surface area contributed by atoms with E-state index in [1.165, 1.54) is 6.07 Å². The van der Waals surface area contributed by atoms with Crippen molar-refractivity contribution in [2.75, 3.05) is 0 Å². The molecule has 0 spiro atoms. The molecule has 0 amide bonds. The molecular weight excluding hydrogens is 299 g/mol. The minimum Gasteiger partial charge on any atom is -0.466 e. The number of benzene rings is 1. The highest BCUT2D eigenvalue weighted by atomic mass is 79.9. The van der Waals surface area contributed by atoms with Crippen LogP contribution in [0.4, 0.5) is 4.39 Å². The van der Waals surface area contributed by atoms with Crippen molar-refractivity contribution < 1.29 is 8.81 Å². The van der Waals surface area contributed by atoms with Gasteiger partial charge < -0.3 is 4.42 Å². The summed E-state index contributed by atoms with van der Waals surface area (Å²) in [6.45, 7) is 3.68. The van der Waals surface area contributed by atoms with E-state index in [1.807, 2.05) is 19.9 Å². The summed E-state index contributed by atoms with van der Waals surface area (Å²) in [5.74, 6) is 6.76. The number of halogens is 2. The SMILES string of the molecule is Cc1cc(C(NN)c2cc(Br)ccc2F)c(C)o1. The van der Waals surface area contributed by atoms with Gasteiger partial charge in [-0.1, -0.05) is 15.9 Å². The molecule has 0 radical (unpaired) electrons. The molecule has 2 aromatic rings. The van der Waals surface area contributed by atoms with E-state index < -0.39 is 6.04 Å². The third-order valence-electron chi connectivity index (χ3n) is 2.83. The van der Waals surface area contributed by atoms with E-state index in [0.717, 1.165) is 21.6 Å². The van der Waals surface area contributed by atoms with Crippen LogP contribution in [-0.4, -0.2) is 0 Å². The smallest absolute Gasteiger partial charge is 0.128 e. The Hall–Kier alpha value is -1.17. The molecule has 0 aliphatic rings. The van der Waals surface area contributed by atoms with Crippen LogP contribution in [0.5, 0.6) is 0 Å². The zero-order valence-corrected chi connectivity index (χ0v) is 11.7. The number of hydrazine groups is 1. The molecule has 1 aromatic carbocycles. The van der Waals surface area contributed by atoms with Gasteiger partial charge in [-0.15, -0.1) is 0 Å². The molecule has 1 aromatic heterocycles. The van der Waals surface area contributed by atoms with Crippen molar-refractivity contribution >= 4 is 15.9 Å². The first kappa shape index (κ1) is 13.3. The first-order valence-corrected chi connectivity index (χ1v) is 6.30. The fourth-order valence-electron chi connectivity index (χ4n) is 2.02. The van der Waals surface area contributed by atoms with E-state index in [2.05, 4.69) is 21.4 Å². The summed E-state index contributed by atoms with van der Waals surface area (Å²) in [5, 5.41) is 0. The largest absolute Gasteiger partial charge is 0.466 e. The summed E-state index contributed by atoms with van der Waals surface area (Å²) in [4.78, 5) is 0. The Morgan fingerprint density at radius 1 is 1.28 bits per heavy atom. The second kappa shape index (κ2) is 5.22. The van der Waals surface area contributed by atoms with E-state index >= 15 is 0 Å². The third kappa shape index (κ3) is 2.48. The predicted octanol–water partition coefficient (Wildman–Crippen LogP) is 3.35. The number of hydrogen-bond donors (Lipinski definition) is 2. The monoisotopic (exact) mass is 312 g/mol. The molecule has 3 nitrogen and oxygen atoms in total. The number of furan rings is 1. The fourth-order valence-corrected chi connectivity index (χ4v) is 2.40. The Bertz CT molecular complexity index is 568. The summed E-state index contributed by atoms with van der Waals surface area (Å²) >= 11 is 3.33. The first-order valence-electron chi connectivity index (χ1n) is 5.51. The zero-order valence-electron chi connectivity index (χ0n) is 10.1. The molecule has 0 fully saturated rings. The van der Waals surface area contributed by atoms with Gasteiger partial charge in [-0.05, 0) is 38.1 Å². The van der Waals surface area contributed by atoms with E-state index in [0.29, 0.717) is 5.56 Å². The summed E-state index contributed by atoms with van der Waals surface area (Å²) in [6, 6.07) is 6.20. The molecule has 0 saturated heterocycles. The molecule has 0 aliphatic heterocycles. The molecule has 0 bridgehead atoms. The van der Waals surface area contributed by atoms with E-state index in [4.69, 9.17) is 10.3 Å². The van der Waals surface area contributed by atoms with Crippen LogP contribution in [-0.2, 0) is 0 Å². The van der Waals surface area contributed by atoms with Gasteiger partial charge in [0.05, 0.1) is 6.04 Å². The molecule has 96 valence electrons. The number of rotatable bonds is 3. The van der Waals surface area contributed by atoms with Crippen LogP contribution in [0.3, 0.4) is 0 Å². The Labute approximate surface area is 113 Å². The number of nitrogens with two attached hydrogens (primary N) is 1. The molecule has 5 heteroatoms. The third-order valence-corrected chi connectivity index (χ3v) is 3.32. The van der Waals surface area contributed by atoms with Crippen molar-refractivity contribution in [1.29, 1.82) is 0 Å². The van der Waals surface area contributed by atoms with Crippen molar-refractivity contribution in [3.05, 3.63) is 57.2 Å². The lowest BCUT2D eigenvalue weighted by Gasteiger charge is -2.16. The minimum atomic E-state index is -0.431. The van der Waals surface area contributed by atoms with Crippen LogP contribution in [0.25, 0.3) is 0 Å². The van der Waals surface area contributed by atoms with Gasteiger partial charge in [-0.3, -0.25) is 5.84 Å². The molecule has 1 heterocycles. The minimum absolute atomic E-state index is 0.306. The summed E-state index contributed by atoms with van der Waals surface area (Å²) < 4.78 is 20.1. The standard InChI is InChI=1S/C13H14BrFN2O/c1-7-5-10(8(2)18-7)13(17-16)11-6-9(14)3-4-12(11)15/h3-6,13,17H,16H2,1-2H3. The molecule has 1 atom stereocenters. The highest BCUT2D eigenvalue weighted by molar-refractivity contribution is 9.10. The highest BCUT2D eigenvalue weighted by Gasteiger charge is 2.21. The van der Waals surface area contributed by atoms with Gasteiger partial charge in [0.2, 0.25) is 0 Å². The molecule has 3 N–H and O–H groups in total. The van der Waals surface area contributed by atoms with Crippen LogP contribution in [0.15, 0.2) is 33.2 Å². The molecular formula is C13H14BrFN2O. The maximum absolute atomic E-state index is 13.9. The van der Waals surface area contributed by atoms with Crippen LogP contribution in [0.2, 0.25) is 0 Å². The normalized spacial score (nSPS) is 12.7. The van der Waals surface area contributed by atoms with Crippen molar-refractivity contribution in [2.45, 2.75) is 19.9 Å². The quantitative estimate of drug-likeness (QED) is 0.675. The molecule has 0 saturated carbocycles. The second-order valence-electron chi connectivity index (χ2n) is 4.13. The Balaban J connectivity index is 2.51. The van der Waals surface area contributed by atoms with Crippen LogP contribution < -0.4 is 11.3 Å². The van der Waals surface area contributed by atoms with Gasteiger partial charge >= 0.3 is 0 Å². The average Bonchev–Trinajstić information content (AvgIpc) is 2.64. The van der Waals surface area contributed by atoms with Crippen LogP contribution in [0, 0.1) is 19.7 Å². The van der Waals surface area contributed by atoms with Gasteiger partial charge in [0.1, 0.15) is 17.3 Å². The average molecular weight is 313 g/mol. The summed E-state index contributed by atoms with van der Waals surface area (Å²) in [5.41, 5.74) is 3.96. The lowest BCUT2D eigenvalue weighted by molar-refractivity contribution is 0.492. The van der Waals surface area contributed by atoms with E-state index in [1.54, 1.807) is 12.1 Å². The number of aryl methyl sites for hydroxylation is 2. The Morgan fingerprint density at radius 2 is 2.00 bits per heavy atom. The fraction of sp³-hybridized carbons (Fsp3) is 0.231. The Morgan fingerprint density at radius 3 is 2.56 bits per heavy atom. The summed E-state index contributed by atoms with van der Waals surface area (Å²) in [6.07, 6.45) is 0. The first-order chi connectivity index (χ1) is 8.52. The van der Waals surface area contributed by atoms with Gasteiger partial charge in [0.25, 0.3) is 0 Å². The topological polar surface area (TPSA) is 51.2 Å². The molecule has 18 heavy (non-hydrogen) atoms.